The van der Waals surface area contributed by atoms with Crippen LogP contribution in [0.4, 0.5) is 0 Å². The molecule has 0 radical (unpaired) electrons. The zero-order chi connectivity index (χ0) is 11.7. The number of nitrogens with zero attached hydrogens (tertiary/aromatic N) is 1. The molecule has 2 amide bonds. The minimum Gasteiger partial charge on any atom is -0.343 e. The zero-order valence-corrected chi connectivity index (χ0v) is 10.1. The van der Waals surface area contributed by atoms with Gasteiger partial charge in [-0.15, -0.1) is 11.3 Å². The maximum Gasteiger partial charge on any atom is 0.245 e. The lowest BCUT2D eigenvalue weighted by molar-refractivity contribution is -0.144. The maximum atomic E-state index is 11.8. The van der Waals surface area contributed by atoms with E-state index in [1.807, 2.05) is 18.4 Å². The average Bonchev–Trinajstić information content (AvgIpc) is 2.60. The summed E-state index contributed by atoms with van der Waals surface area (Å²) in [5.74, 6) is -0.0892. The SMILES string of the molecule is Cc1ccsc1CN1CC(=O)NC(C)C1=O. The number of nitrogens with one attached hydrogen (secondary N) is 1. The normalized spacial score (nSPS) is 21.1. The van der Waals surface area contributed by atoms with Crippen molar-refractivity contribution in [2.24, 2.45) is 0 Å². The minimum atomic E-state index is -0.401. The smallest absolute Gasteiger partial charge is 0.245 e. The molecule has 4 nitrogen and oxygen atoms in total. The number of thiophene rings is 1. The van der Waals surface area contributed by atoms with Gasteiger partial charge in [0, 0.05) is 4.88 Å². The molecule has 1 unspecified atom stereocenters. The predicted molar refractivity (Wildman–Crippen MR) is 62.1 cm³/mol. The van der Waals surface area contributed by atoms with Gasteiger partial charge >= 0.3 is 0 Å². The van der Waals surface area contributed by atoms with E-state index in [0.29, 0.717) is 6.54 Å². The Kier molecular flexibility index (Phi) is 2.96. The molecule has 86 valence electrons. The summed E-state index contributed by atoms with van der Waals surface area (Å²) >= 11 is 1.62. The second-order valence-corrected chi connectivity index (χ2v) is 5.01. The van der Waals surface area contributed by atoms with Crippen LogP contribution >= 0.6 is 11.3 Å². The molecule has 1 aromatic heterocycles. The summed E-state index contributed by atoms with van der Waals surface area (Å²) in [5, 5.41) is 4.63. The number of aryl methyl sites for hydroxylation is 1. The van der Waals surface area contributed by atoms with Crippen molar-refractivity contribution in [1.82, 2.24) is 10.2 Å². The van der Waals surface area contributed by atoms with Crippen LogP contribution in [-0.2, 0) is 16.1 Å². The fraction of sp³-hybridized carbons (Fsp3) is 0.455. The number of rotatable bonds is 2. The second-order valence-electron chi connectivity index (χ2n) is 4.01. The Hall–Kier alpha value is -1.36. The van der Waals surface area contributed by atoms with Crippen LogP contribution in [-0.4, -0.2) is 29.3 Å². The molecular formula is C11H14N2O2S. The summed E-state index contributed by atoms with van der Waals surface area (Å²) in [5.41, 5.74) is 1.18. The highest BCUT2D eigenvalue weighted by atomic mass is 32.1. The number of hydrogen-bond acceptors (Lipinski definition) is 3. The first-order valence-electron chi connectivity index (χ1n) is 5.19. The van der Waals surface area contributed by atoms with E-state index in [0.717, 1.165) is 4.88 Å². The monoisotopic (exact) mass is 238 g/mol. The van der Waals surface area contributed by atoms with Crippen molar-refractivity contribution in [3.8, 4) is 0 Å². The molecule has 2 heterocycles. The van der Waals surface area contributed by atoms with Crippen molar-refractivity contribution >= 4 is 23.2 Å². The van der Waals surface area contributed by atoms with Crippen LogP contribution in [0.5, 0.6) is 0 Å². The molecule has 0 aliphatic carbocycles. The molecule has 16 heavy (non-hydrogen) atoms. The number of carbonyl (C=O) groups is 2. The van der Waals surface area contributed by atoms with E-state index < -0.39 is 6.04 Å². The van der Waals surface area contributed by atoms with Crippen molar-refractivity contribution in [3.05, 3.63) is 21.9 Å². The Bertz CT molecular complexity index is 427. The van der Waals surface area contributed by atoms with Crippen molar-refractivity contribution in [3.63, 3.8) is 0 Å². The maximum absolute atomic E-state index is 11.8. The van der Waals surface area contributed by atoms with Crippen LogP contribution in [0.25, 0.3) is 0 Å². The van der Waals surface area contributed by atoms with Gasteiger partial charge < -0.3 is 10.2 Å². The molecule has 1 aliphatic heterocycles. The number of hydrogen-bond donors (Lipinski definition) is 1. The zero-order valence-electron chi connectivity index (χ0n) is 9.32. The van der Waals surface area contributed by atoms with E-state index in [-0.39, 0.29) is 18.4 Å². The lowest BCUT2D eigenvalue weighted by atomic mass is 10.2. The molecule has 0 aromatic carbocycles. The lowest BCUT2D eigenvalue weighted by Crippen LogP contribution is -2.56. The molecule has 1 saturated heterocycles. The molecule has 2 rings (SSSR count). The Morgan fingerprint density at radius 3 is 2.94 bits per heavy atom. The molecule has 5 heteroatoms. The van der Waals surface area contributed by atoms with Gasteiger partial charge in [0.25, 0.3) is 0 Å². The van der Waals surface area contributed by atoms with Crippen LogP contribution in [0, 0.1) is 6.92 Å². The van der Waals surface area contributed by atoms with Gasteiger partial charge in [-0.2, -0.15) is 0 Å². The Morgan fingerprint density at radius 2 is 2.31 bits per heavy atom. The molecule has 1 fully saturated rings. The summed E-state index contributed by atoms with van der Waals surface area (Å²) in [6, 6.07) is 1.62. The van der Waals surface area contributed by atoms with E-state index in [1.54, 1.807) is 23.2 Å². The first kappa shape index (κ1) is 11.1. The summed E-state index contributed by atoms with van der Waals surface area (Å²) in [6.07, 6.45) is 0. The standard InChI is InChI=1S/C11H14N2O2S/c1-7-3-4-16-9(7)5-13-6-10(14)12-8(2)11(13)15/h3-4,8H,5-6H2,1-2H3,(H,12,14). The van der Waals surface area contributed by atoms with Gasteiger partial charge in [-0.25, -0.2) is 0 Å². The number of piperazine rings is 1. The number of carbonyl (C=O) groups excluding carboxylic acids is 2. The summed E-state index contributed by atoms with van der Waals surface area (Å²) < 4.78 is 0. The number of amides is 2. The third-order valence-corrected chi connectivity index (χ3v) is 3.70. The fourth-order valence-electron chi connectivity index (χ4n) is 1.75. The van der Waals surface area contributed by atoms with Crippen molar-refractivity contribution in [2.45, 2.75) is 26.4 Å². The first-order valence-corrected chi connectivity index (χ1v) is 6.07. The molecule has 1 atom stereocenters. The molecule has 1 N–H and O–H groups in total. The predicted octanol–water partition coefficient (Wildman–Crippen LogP) is 0.903. The van der Waals surface area contributed by atoms with Gasteiger partial charge in [0.1, 0.15) is 6.04 Å². The highest BCUT2D eigenvalue weighted by molar-refractivity contribution is 7.10. The Balaban J connectivity index is 2.12. The molecule has 0 saturated carbocycles. The van der Waals surface area contributed by atoms with E-state index in [9.17, 15) is 9.59 Å². The molecule has 1 aliphatic rings. The van der Waals surface area contributed by atoms with Crippen molar-refractivity contribution in [2.75, 3.05) is 6.54 Å². The quantitative estimate of drug-likeness (QED) is 0.832. The van der Waals surface area contributed by atoms with Gasteiger partial charge in [0.05, 0.1) is 13.1 Å². The molecule has 0 spiro atoms. The van der Waals surface area contributed by atoms with Gasteiger partial charge in [-0.1, -0.05) is 0 Å². The fourth-order valence-corrected chi connectivity index (χ4v) is 2.67. The second kappa shape index (κ2) is 4.25. The van der Waals surface area contributed by atoms with E-state index in [2.05, 4.69) is 5.32 Å². The Morgan fingerprint density at radius 1 is 1.56 bits per heavy atom. The highest BCUT2D eigenvalue weighted by Gasteiger charge is 2.29. The third kappa shape index (κ3) is 2.09. The lowest BCUT2D eigenvalue weighted by Gasteiger charge is -2.30. The highest BCUT2D eigenvalue weighted by Crippen LogP contribution is 2.19. The van der Waals surface area contributed by atoms with Crippen LogP contribution < -0.4 is 5.32 Å². The van der Waals surface area contributed by atoms with E-state index >= 15 is 0 Å². The van der Waals surface area contributed by atoms with Gasteiger partial charge in [-0.3, -0.25) is 9.59 Å². The van der Waals surface area contributed by atoms with E-state index in [4.69, 9.17) is 0 Å². The third-order valence-electron chi connectivity index (χ3n) is 2.70. The Labute approximate surface area is 98.3 Å². The summed E-state index contributed by atoms with van der Waals surface area (Å²) in [7, 11) is 0. The topological polar surface area (TPSA) is 49.4 Å². The van der Waals surface area contributed by atoms with Crippen LogP contribution in [0.1, 0.15) is 17.4 Å². The largest absolute Gasteiger partial charge is 0.343 e. The average molecular weight is 238 g/mol. The van der Waals surface area contributed by atoms with Crippen molar-refractivity contribution < 1.29 is 9.59 Å². The van der Waals surface area contributed by atoms with Crippen LogP contribution in [0.2, 0.25) is 0 Å². The molecule has 1 aromatic rings. The summed E-state index contributed by atoms with van der Waals surface area (Å²) in [4.78, 5) is 25.9. The van der Waals surface area contributed by atoms with Gasteiger partial charge in [0.2, 0.25) is 11.8 Å². The van der Waals surface area contributed by atoms with Crippen LogP contribution in [0.15, 0.2) is 11.4 Å². The summed E-state index contributed by atoms with van der Waals surface area (Å²) in [6.45, 7) is 4.44. The van der Waals surface area contributed by atoms with Crippen LogP contribution in [0.3, 0.4) is 0 Å². The minimum absolute atomic E-state index is 0.00704. The van der Waals surface area contributed by atoms with Gasteiger partial charge in [0.15, 0.2) is 0 Å². The molecule has 0 bridgehead atoms. The van der Waals surface area contributed by atoms with E-state index in [1.165, 1.54) is 5.56 Å². The van der Waals surface area contributed by atoms with Gasteiger partial charge in [-0.05, 0) is 30.9 Å². The first-order chi connectivity index (χ1) is 7.58. The molecular weight excluding hydrogens is 224 g/mol. The van der Waals surface area contributed by atoms with Crippen molar-refractivity contribution in [1.29, 1.82) is 0 Å².